The van der Waals surface area contributed by atoms with Gasteiger partial charge in [0.2, 0.25) is 0 Å². The molecule has 1 atom stereocenters. The summed E-state index contributed by atoms with van der Waals surface area (Å²) in [4.78, 5) is 34.0. The average Bonchev–Trinajstić information content (AvgIpc) is 2.65. The summed E-state index contributed by atoms with van der Waals surface area (Å²) < 4.78 is 4.89. The number of nitrogens with zero attached hydrogens (tertiary/aromatic N) is 1. The summed E-state index contributed by atoms with van der Waals surface area (Å²) >= 11 is 5.86. The van der Waals surface area contributed by atoms with Crippen LogP contribution < -0.4 is 5.32 Å². The highest BCUT2D eigenvalue weighted by molar-refractivity contribution is 6.33. The predicted octanol–water partition coefficient (Wildman–Crippen LogP) is 3.32. The molecule has 0 aliphatic carbocycles. The molecule has 1 amide bonds. The largest absolute Gasteiger partial charge is 0.452 e. The second kappa shape index (κ2) is 8.96. The van der Waals surface area contributed by atoms with Crippen molar-refractivity contribution in [2.45, 2.75) is 12.8 Å². The van der Waals surface area contributed by atoms with Crippen LogP contribution >= 0.6 is 11.6 Å². The van der Waals surface area contributed by atoms with Crippen LogP contribution in [0.4, 0.5) is 5.69 Å². The number of benzene rings is 2. The molecular formula is C18H17ClN2O5. The standard InChI is InChI=1S/C18H17ClN2O5/c1-12(13-5-3-2-4-6-13)10-20-17(22)11-26-18(23)15-9-14(21(24)25)7-8-16(15)19/h2-9,12H,10-11H2,1H3,(H,20,22)/t12-/m0/s1. The number of hydrogen-bond donors (Lipinski definition) is 1. The molecule has 7 nitrogen and oxygen atoms in total. The molecule has 0 aromatic heterocycles. The first-order valence-electron chi connectivity index (χ1n) is 7.81. The van der Waals surface area contributed by atoms with E-state index in [1.165, 1.54) is 12.1 Å². The normalized spacial score (nSPS) is 11.5. The van der Waals surface area contributed by atoms with Gasteiger partial charge in [-0.2, -0.15) is 0 Å². The zero-order valence-electron chi connectivity index (χ0n) is 14.0. The molecule has 0 radical (unpaired) electrons. The Morgan fingerprint density at radius 3 is 2.58 bits per heavy atom. The van der Waals surface area contributed by atoms with Gasteiger partial charge in [-0.1, -0.05) is 48.9 Å². The third-order valence-electron chi connectivity index (χ3n) is 3.69. The summed E-state index contributed by atoms with van der Waals surface area (Å²) in [6.45, 7) is 1.85. The van der Waals surface area contributed by atoms with Crippen molar-refractivity contribution < 1.29 is 19.2 Å². The fourth-order valence-electron chi connectivity index (χ4n) is 2.21. The highest BCUT2D eigenvalue weighted by Gasteiger charge is 2.18. The number of nitrogens with one attached hydrogen (secondary N) is 1. The van der Waals surface area contributed by atoms with E-state index in [2.05, 4.69) is 5.32 Å². The summed E-state index contributed by atoms with van der Waals surface area (Å²) in [6, 6.07) is 13.1. The molecule has 8 heteroatoms. The lowest BCUT2D eigenvalue weighted by molar-refractivity contribution is -0.384. The quantitative estimate of drug-likeness (QED) is 0.454. The lowest BCUT2D eigenvalue weighted by Crippen LogP contribution is -2.31. The van der Waals surface area contributed by atoms with E-state index in [-0.39, 0.29) is 22.2 Å². The van der Waals surface area contributed by atoms with Crippen molar-refractivity contribution in [3.05, 3.63) is 74.8 Å². The van der Waals surface area contributed by atoms with Gasteiger partial charge in [0.05, 0.1) is 15.5 Å². The number of non-ortho nitro benzene ring substituents is 1. The molecule has 0 aliphatic rings. The lowest BCUT2D eigenvalue weighted by atomic mass is 10.0. The number of amides is 1. The van der Waals surface area contributed by atoms with Crippen molar-refractivity contribution in [3.8, 4) is 0 Å². The predicted molar refractivity (Wildman–Crippen MR) is 96.3 cm³/mol. The Kier molecular flexibility index (Phi) is 6.68. The first kappa shape index (κ1) is 19.4. The third-order valence-corrected chi connectivity index (χ3v) is 4.02. The second-order valence-electron chi connectivity index (χ2n) is 5.61. The monoisotopic (exact) mass is 376 g/mol. The van der Waals surface area contributed by atoms with Crippen LogP contribution in [0.3, 0.4) is 0 Å². The van der Waals surface area contributed by atoms with Crippen LogP contribution in [0.1, 0.15) is 28.8 Å². The molecule has 0 saturated heterocycles. The van der Waals surface area contributed by atoms with Crippen molar-refractivity contribution in [1.29, 1.82) is 0 Å². The van der Waals surface area contributed by atoms with Crippen LogP contribution in [0, 0.1) is 10.1 Å². The lowest BCUT2D eigenvalue weighted by Gasteiger charge is -2.13. The molecule has 2 aromatic carbocycles. The molecule has 0 unspecified atom stereocenters. The van der Waals surface area contributed by atoms with E-state index in [1.807, 2.05) is 37.3 Å². The van der Waals surface area contributed by atoms with Gasteiger partial charge in [0.1, 0.15) is 0 Å². The minimum atomic E-state index is -0.898. The molecule has 1 N–H and O–H groups in total. The molecule has 2 aromatic rings. The Morgan fingerprint density at radius 2 is 1.92 bits per heavy atom. The van der Waals surface area contributed by atoms with Crippen molar-refractivity contribution in [1.82, 2.24) is 5.32 Å². The van der Waals surface area contributed by atoms with Crippen LogP contribution in [0.25, 0.3) is 0 Å². The number of nitro benzene ring substituents is 1. The number of ether oxygens (including phenoxy) is 1. The maximum atomic E-state index is 12.0. The number of hydrogen-bond acceptors (Lipinski definition) is 5. The highest BCUT2D eigenvalue weighted by atomic mass is 35.5. The minimum Gasteiger partial charge on any atom is -0.452 e. The number of carbonyl (C=O) groups excluding carboxylic acids is 2. The number of carbonyl (C=O) groups is 2. The van der Waals surface area contributed by atoms with Gasteiger partial charge in [0.15, 0.2) is 6.61 Å². The zero-order chi connectivity index (χ0) is 19.1. The van der Waals surface area contributed by atoms with Gasteiger partial charge >= 0.3 is 5.97 Å². The van der Waals surface area contributed by atoms with Crippen LogP contribution in [-0.2, 0) is 9.53 Å². The smallest absolute Gasteiger partial charge is 0.340 e. The molecule has 2 rings (SSSR count). The zero-order valence-corrected chi connectivity index (χ0v) is 14.7. The summed E-state index contributed by atoms with van der Waals surface area (Å²) in [5.41, 5.74) is 0.627. The van der Waals surface area contributed by atoms with Gasteiger partial charge in [0.25, 0.3) is 11.6 Å². The topological polar surface area (TPSA) is 98.5 Å². The maximum absolute atomic E-state index is 12.0. The first-order chi connectivity index (χ1) is 12.4. The Hall–Kier alpha value is -2.93. The van der Waals surface area contributed by atoms with Gasteiger partial charge in [0, 0.05) is 18.7 Å². The fourth-order valence-corrected chi connectivity index (χ4v) is 2.40. The molecule has 0 saturated carbocycles. The average molecular weight is 377 g/mol. The van der Waals surface area contributed by atoms with E-state index in [9.17, 15) is 19.7 Å². The van der Waals surface area contributed by atoms with Crippen LogP contribution in [0.5, 0.6) is 0 Å². The Morgan fingerprint density at radius 1 is 1.23 bits per heavy atom. The summed E-state index contributed by atoms with van der Waals surface area (Å²) in [6.07, 6.45) is 0. The minimum absolute atomic E-state index is 0.0127. The van der Waals surface area contributed by atoms with E-state index in [0.29, 0.717) is 6.54 Å². The van der Waals surface area contributed by atoms with Gasteiger partial charge in [-0.05, 0) is 17.5 Å². The summed E-state index contributed by atoms with van der Waals surface area (Å²) in [5.74, 6) is -1.27. The van der Waals surface area contributed by atoms with E-state index < -0.39 is 23.4 Å². The Labute approximate surface area is 155 Å². The van der Waals surface area contributed by atoms with Crippen LogP contribution in [0.2, 0.25) is 5.02 Å². The van der Waals surface area contributed by atoms with E-state index in [4.69, 9.17) is 16.3 Å². The molecule has 0 fully saturated rings. The van der Waals surface area contributed by atoms with Crippen LogP contribution in [-0.4, -0.2) is 30.0 Å². The SMILES string of the molecule is C[C@@H](CNC(=O)COC(=O)c1cc([N+](=O)[O-])ccc1Cl)c1ccccc1. The molecule has 0 bridgehead atoms. The molecule has 0 heterocycles. The van der Waals surface area contributed by atoms with Gasteiger partial charge < -0.3 is 10.1 Å². The molecular weight excluding hydrogens is 360 g/mol. The van der Waals surface area contributed by atoms with Crippen LogP contribution in [0.15, 0.2) is 48.5 Å². The number of rotatable bonds is 7. The second-order valence-corrected chi connectivity index (χ2v) is 6.02. The van der Waals surface area contributed by atoms with Crippen molar-refractivity contribution >= 4 is 29.2 Å². The van der Waals surface area contributed by atoms with Crippen molar-refractivity contribution in [2.24, 2.45) is 0 Å². The van der Waals surface area contributed by atoms with Gasteiger partial charge in [-0.25, -0.2) is 4.79 Å². The number of esters is 1. The third kappa shape index (κ3) is 5.29. The maximum Gasteiger partial charge on any atom is 0.340 e. The highest BCUT2D eigenvalue weighted by Crippen LogP contribution is 2.22. The fraction of sp³-hybridized carbons (Fsp3) is 0.222. The first-order valence-corrected chi connectivity index (χ1v) is 8.19. The van der Waals surface area contributed by atoms with E-state index >= 15 is 0 Å². The molecule has 0 spiro atoms. The molecule has 136 valence electrons. The van der Waals surface area contributed by atoms with E-state index in [1.54, 1.807) is 0 Å². The summed E-state index contributed by atoms with van der Waals surface area (Å²) in [5, 5.41) is 13.5. The Bertz CT molecular complexity index is 810. The van der Waals surface area contributed by atoms with Crippen molar-refractivity contribution in [3.63, 3.8) is 0 Å². The van der Waals surface area contributed by atoms with Gasteiger partial charge in [-0.15, -0.1) is 0 Å². The Balaban J connectivity index is 1.86. The molecule has 0 aliphatic heterocycles. The van der Waals surface area contributed by atoms with Crippen molar-refractivity contribution in [2.75, 3.05) is 13.2 Å². The van der Waals surface area contributed by atoms with E-state index in [0.717, 1.165) is 11.6 Å². The van der Waals surface area contributed by atoms with Gasteiger partial charge in [-0.3, -0.25) is 14.9 Å². The summed E-state index contributed by atoms with van der Waals surface area (Å²) in [7, 11) is 0. The molecule has 26 heavy (non-hydrogen) atoms. The number of nitro groups is 1. The number of halogens is 1.